The van der Waals surface area contributed by atoms with Crippen LogP contribution in [0, 0.1) is 0 Å². The molecular formula is C19H14N4O4S. The Morgan fingerprint density at radius 3 is 2.89 bits per heavy atom. The van der Waals surface area contributed by atoms with Crippen molar-refractivity contribution in [2.45, 2.75) is 10.9 Å². The Kier molecular flexibility index (Phi) is 4.01. The van der Waals surface area contributed by atoms with Crippen LogP contribution in [-0.4, -0.2) is 26.5 Å². The van der Waals surface area contributed by atoms with Crippen molar-refractivity contribution in [1.29, 1.82) is 0 Å². The molecule has 0 unspecified atom stereocenters. The molecule has 0 aliphatic carbocycles. The lowest BCUT2D eigenvalue weighted by molar-refractivity contribution is 0.174. The molecule has 2 aromatic carbocycles. The van der Waals surface area contributed by atoms with Crippen molar-refractivity contribution in [3.63, 3.8) is 0 Å². The van der Waals surface area contributed by atoms with Gasteiger partial charge in [0.25, 0.3) is 5.56 Å². The zero-order valence-corrected chi connectivity index (χ0v) is 15.6. The van der Waals surface area contributed by atoms with Crippen LogP contribution in [0.15, 0.2) is 56.9 Å². The minimum atomic E-state index is -0.0836. The first-order valence-electron chi connectivity index (χ1n) is 8.50. The molecular weight excluding hydrogens is 380 g/mol. The van der Waals surface area contributed by atoms with Crippen LogP contribution in [0.2, 0.25) is 0 Å². The number of para-hydroxylation sites is 1. The zero-order chi connectivity index (χ0) is 19.1. The molecule has 0 N–H and O–H groups in total. The van der Waals surface area contributed by atoms with Crippen molar-refractivity contribution in [1.82, 2.24) is 19.7 Å². The van der Waals surface area contributed by atoms with E-state index >= 15 is 0 Å². The SMILES string of the molecule is Cn1c(SCc2nc(-c3ccc4c(c3)OCO4)no2)nc2ccccc2c1=O. The highest BCUT2D eigenvalue weighted by molar-refractivity contribution is 7.98. The quantitative estimate of drug-likeness (QED) is 0.385. The molecule has 0 spiro atoms. The first kappa shape index (κ1) is 16.8. The topological polar surface area (TPSA) is 92.3 Å². The number of hydrogen-bond acceptors (Lipinski definition) is 8. The maximum absolute atomic E-state index is 12.5. The minimum absolute atomic E-state index is 0.0836. The average molecular weight is 394 g/mol. The molecule has 28 heavy (non-hydrogen) atoms. The second-order valence-corrected chi connectivity index (χ2v) is 7.09. The summed E-state index contributed by atoms with van der Waals surface area (Å²) in [5.41, 5.74) is 1.36. The fraction of sp³-hybridized carbons (Fsp3) is 0.158. The summed E-state index contributed by atoms with van der Waals surface area (Å²) < 4.78 is 17.6. The third-order valence-electron chi connectivity index (χ3n) is 4.37. The van der Waals surface area contributed by atoms with E-state index in [-0.39, 0.29) is 12.4 Å². The maximum atomic E-state index is 12.5. The van der Waals surface area contributed by atoms with Gasteiger partial charge in [0.2, 0.25) is 18.5 Å². The fourth-order valence-corrected chi connectivity index (χ4v) is 3.73. The number of hydrogen-bond donors (Lipinski definition) is 0. The Hall–Kier alpha value is -3.33. The summed E-state index contributed by atoms with van der Waals surface area (Å²) in [5, 5.41) is 5.21. The average Bonchev–Trinajstić information content (AvgIpc) is 3.38. The molecule has 0 bridgehead atoms. The van der Waals surface area contributed by atoms with Crippen molar-refractivity contribution < 1.29 is 14.0 Å². The van der Waals surface area contributed by atoms with Crippen LogP contribution in [0.5, 0.6) is 11.5 Å². The van der Waals surface area contributed by atoms with Crippen molar-refractivity contribution in [3.05, 3.63) is 58.7 Å². The van der Waals surface area contributed by atoms with Crippen molar-refractivity contribution in [2.75, 3.05) is 6.79 Å². The summed E-state index contributed by atoms with van der Waals surface area (Å²) in [6.07, 6.45) is 0. The number of benzene rings is 2. The summed E-state index contributed by atoms with van der Waals surface area (Å²) in [6, 6.07) is 12.8. The van der Waals surface area contributed by atoms with Gasteiger partial charge in [0.1, 0.15) is 0 Å². The minimum Gasteiger partial charge on any atom is -0.454 e. The van der Waals surface area contributed by atoms with Gasteiger partial charge in [0.05, 0.1) is 16.7 Å². The molecule has 0 amide bonds. The second kappa shape index (κ2) is 6.68. The van der Waals surface area contributed by atoms with Gasteiger partial charge in [0.15, 0.2) is 16.7 Å². The van der Waals surface area contributed by atoms with E-state index in [1.807, 2.05) is 36.4 Å². The summed E-state index contributed by atoms with van der Waals surface area (Å²) >= 11 is 1.37. The van der Waals surface area contributed by atoms with Crippen LogP contribution >= 0.6 is 11.8 Å². The van der Waals surface area contributed by atoms with Crippen LogP contribution < -0.4 is 15.0 Å². The molecule has 8 nitrogen and oxygen atoms in total. The molecule has 4 aromatic rings. The van der Waals surface area contributed by atoms with Crippen LogP contribution in [0.3, 0.4) is 0 Å². The molecule has 0 atom stereocenters. The third kappa shape index (κ3) is 2.89. The lowest BCUT2D eigenvalue weighted by atomic mass is 10.2. The van der Waals surface area contributed by atoms with E-state index in [4.69, 9.17) is 14.0 Å². The highest BCUT2D eigenvalue weighted by Gasteiger charge is 2.17. The number of aromatic nitrogens is 4. The standard InChI is InChI=1S/C19H14N4O4S/c1-23-18(24)12-4-2-3-5-13(12)20-19(23)28-9-16-21-17(22-27-16)11-6-7-14-15(8-11)26-10-25-14/h2-8H,9-10H2,1H3. The van der Waals surface area contributed by atoms with Gasteiger partial charge in [-0.05, 0) is 30.3 Å². The zero-order valence-electron chi connectivity index (χ0n) is 14.8. The second-order valence-electron chi connectivity index (χ2n) is 6.14. The van der Waals surface area contributed by atoms with Gasteiger partial charge in [-0.25, -0.2) is 4.98 Å². The van der Waals surface area contributed by atoms with E-state index in [0.29, 0.717) is 45.0 Å². The Balaban J connectivity index is 1.38. The molecule has 0 saturated heterocycles. The van der Waals surface area contributed by atoms with E-state index in [1.54, 1.807) is 13.1 Å². The van der Waals surface area contributed by atoms with E-state index in [0.717, 1.165) is 5.56 Å². The monoisotopic (exact) mass is 394 g/mol. The predicted octanol–water partition coefficient (Wildman–Crippen LogP) is 3.00. The smallest absolute Gasteiger partial charge is 0.261 e. The highest BCUT2D eigenvalue weighted by atomic mass is 32.2. The highest BCUT2D eigenvalue weighted by Crippen LogP contribution is 2.35. The van der Waals surface area contributed by atoms with E-state index in [2.05, 4.69) is 15.1 Å². The Morgan fingerprint density at radius 2 is 1.96 bits per heavy atom. The lowest BCUT2D eigenvalue weighted by Gasteiger charge is -2.07. The fourth-order valence-electron chi connectivity index (χ4n) is 2.92. The van der Waals surface area contributed by atoms with Gasteiger partial charge < -0.3 is 14.0 Å². The summed E-state index contributed by atoms with van der Waals surface area (Å²) in [7, 11) is 1.70. The van der Waals surface area contributed by atoms with Crippen LogP contribution in [-0.2, 0) is 12.8 Å². The molecule has 2 aromatic heterocycles. The third-order valence-corrected chi connectivity index (χ3v) is 5.38. The van der Waals surface area contributed by atoms with Crippen LogP contribution in [0.25, 0.3) is 22.3 Å². The summed E-state index contributed by atoms with van der Waals surface area (Å²) in [5.74, 6) is 2.67. The van der Waals surface area contributed by atoms with Gasteiger partial charge in [-0.15, -0.1) is 0 Å². The van der Waals surface area contributed by atoms with Crippen molar-refractivity contribution in [2.24, 2.45) is 7.05 Å². The van der Waals surface area contributed by atoms with Gasteiger partial charge >= 0.3 is 0 Å². The molecule has 1 aliphatic heterocycles. The van der Waals surface area contributed by atoms with Crippen molar-refractivity contribution >= 4 is 22.7 Å². The van der Waals surface area contributed by atoms with E-state index in [1.165, 1.54) is 16.3 Å². The molecule has 3 heterocycles. The Bertz CT molecular complexity index is 1250. The number of thioether (sulfide) groups is 1. The van der Waals surface area contributed by atoms with Gasteiger partial charge in [-0.1, -0.05) is 29.1 Å². The number of fused-ring (bicyclic) bond motifs is 2. The molecule has 1 aliphatic rings. The van der Waals surface area contributed by atoms with Crippen LogP contribution in [0.4, 0.5) is 0 Å². The van der Waals surface area contributed by atoms with Crippen molar-refractivity contribution in [3.8, 4) is 22.9 Å². The van der Waals surface area contributed by atoms with E-state index in [9.17, 15) is 4.79 Å². The first-order valence-corrected chi connectivity index (χ1v) is 9.49. The Morgan fingerprint density at radius 1 is 1.11 bits per heavy atom. The lowest BCUT2D eigenvalue weighted by Crippen LogP contribution is -2.19. The van der Waals surface area contributed by atoms with Gasteiger partial charge in [0, 0.05) is 12.6 Å². The predicted molar refractivity (Wildman–Crippen MR) is 102 cm³/mol. The summed E-state index contributed by atoms with van der Waals surface area (Å²) in [6.45, 7) is 0.213. The molecule has 0 fully saturated rings. The molecule has 0 radical (unpaired) electrons. The maximum Gasteiger partial charge on any atom is 0.261 e. The normalized spacial score (nSPS) is 12.6. The molecule has 9 heteroatoms. The van der Waals surface area contributed by atoms with Gasteiger partial charge in [-0.3, -0.25) is 9.36 Å². The Labute approximate surface area is 163 Å². The summed E-state index contributed by atoms with van der Waals surface area (Å²) in [4.78, 5) is 21.5. The molecule has 0 saturated carbocycles. The molecule has 5 rings (SSSR count). The number of nitrogens with zero attached hydrogens (tertiary/aromatic N) is 4. The largest absolute Gasteiger partial charge is 0.454 e. The van der Waals surface area contributed by atoms with Gasteiger partial charge in [-0.2, -0.15) is 4.98 Å². The number of ether oxygens (including phenoxy) is 2. The van der Waals surface area contributed by atoms with E-state index < -0.39 is 0 Å². The van der Waals surface area contributed by atoms with Crippen LogP contribution in [0.1, 0.15) is 5.89 Å². The molecule has 140 valence electrons. The first-order chi connectivity index (χ1) is 13.7. The number of rotatable bonds is 4.